The lowest BCUT2D eigenvalue weighted by atomic mass is 10.1. The Hall–Kier alpha value is -2.66. The first-order chi connectivity index (χ1) is 14.5. The van der Waals surface area contributed by atoms with Gasteiger partial charge in [0.1, 0.15) is 9.79 Å². The van der Waals surface area contributed by atoms with Crippen LogP contribution in [0.3, 0.4) is 0 Å². The molecule has 0 spiro atoms. The Morgan fingerprint density at radius 2 is 1.45 bits per heavy atom. The number of hydrogen-bond donors (Lipinski definition) is 3. The lowest BCUT2D eigenvalue weighted by Crippen LogP contribution is -2.20. The molecular formula is C21H24N2O6S2. The fourth-order valence-corrected chi connectivity index (χ4v) is 5.11. The summed E-state index contributed by atoms with van der Waals surface area (Å²) in [5, 5.41) is 0.0465. The van der Waals surface area contributed by atoms with E-state index in [1.54, 1.807) is 0 Å². The van der Waals surface area contributed by atoms with E-state index in [1.165, 1.54) is 41.9 Å². The van der Waals surface area contributed by atoms with Gasteiger partial charge in [-0.25, -0.2) is 0 Å². The van der Waals surface area contributed by atoms with Crippen LogP contribution in [0.15, 0.2) is 64.4 Å². The van der Waals surface area contributed by atoms with Gasteiger partial charge in [-0.05, 0) is 48.7 Å². The van der Waals surface area contributed by atoms with Crippen LogP contribution >= 0.6 is 0 Å². The second-order valence-electron chi connectivity index (χ2n) is 7.18. The molecule has 1 aliphatic heterocycles. The molecule has 0 aromatic heterocycles. The van der Waals surface area contributed by atoms with E-state index in [2.05, 4.69) is 24.0 Å². The molecule has 166 valence electrons. The minimum atomic E-state index is -4.47. The number of hydrogen-bond acceptors (Lipinski definition) is 6. The topological polar surface area (TPSA) is 138 Å². The van der Waals surface area contributed by atoms with Crippen LogP contribution in [0.25, 0.3) is 10.8 Å². The van der Waals surface area contributed by atoms with Gasteiger partial charge in [0.05, 0.1) is 0 Å². The number of rotatable bonds is 4. The summed E-state index contributed by atoms with van der Waals surface area (Å²) in [5.41, 5.74) is 9.41. The van der Waals surface area contributed by atoms with E-state index in [0.717, 1.165) is 37.3 Å². The van der Waals surface area contributed by atoms with Crippen LogP contribution in [-0.2, 0) is 26.7 Å². The minimum Gasteiger partial charge on any atom is -0.399 e. The van der Waals surface area contributed by atoms with Crippen molar-refractivity contribution < 1.29 is 25.9 Å². The zero-order valence-electron chi connectivity index (χ0n) is 16.9. The van der Waals surface area contributed by atoms with Crippen molar-refractivity contribution in [2.45, 2.75) is 29.6 Å². The molecule has 0 unspecified atom stereocenters. The highest BCUT2D eigenvalue weighted by atomic mass is 32.2. The number of fused-ring (bicyclic) bond motifs is 2. The van der Waals surface area contributed by atoms with Crippen LogP contribution < -0.4 is 10.6 Å². The van der Waals surface area contributed by atoms with Gasteiger partial charge in [0.15, 0.2) is 0 Å². The number of nitrogens with zero attached hydrogens (tertiary/aromatic N) is 1. The van der Waals surface area contributed by atoms with Crippen molar-refractivity contribution >= 4 is 42.4 Å². The van der Waals surface area contributed by atoms with Crippen LogP contribution in [0.1, 0.15) is 18.9 Å². The van der Waals surface area contributed by atoms with Crippen molar-refractivity contribution in [3.05, 3.63) is 60.2 Å². The van der Waals surface area contributed by atoms with Gasteiger partial charge < -0.3 is 10.6 Å². The van der Waals surface area contributed by atoms with Crippen LogP contribution in [0.4, 0.5) is 11.4 Å². The third-order valence-electron chi connectivity index (χ3n) is 4.99. The first kappa shape index (κ1) is 23.0. The average molecular weight is 465 g/mol. The predicted octanol–water partition coefficient (Wildman–Crippen LogP) is 3.37. The van der Waals surface area contributed by atoms with E-state index in [9.17, 15) is 16.8 Å². The molecule has 31 heavy (non-hydrogen) atoms. The van der Waals surface area contributed by atoms with Gasteiger partial charge in [-0.3, -0.25) is 9.11 Å². The molecule has 0 amide bonds. The summed E-state index contributed by atoms with van der Waals surface area (Å²) in [7, 11) is -8.94. The zero-order chi connectivity index (χ0) is 22.8. The Balaban J connectivity index is 0.000000185. The fraction of sp³-hybridized carbons (Fsp3) is 0.238. The highest BCUT2D eigenvalue weighted by Crippen LogP contribution is 2.29. The maximum atomic E-state index is 11.2. The van der Waals surface area contributed by atoms with Crippen molar-refractivity contribution in [3.63, 3.8) is 0 Å². The molecular weight excluding hydrogens is 440 g/mol. The molecule has 0 atom stereocenters. The number of benzene rings is 3. The summed E-state index contributed by atoms with van der Waals surface area (Å²) in [5.74, 6) is 0. The van der Waals surface area contributed by atoms with Crippen molar-refractivity contribution in [1.82, 2.24) is 0 Å². The highest BCUT2D eigenvalue weighted by Gasteiger charge is 2.19. The van der Waals surface area contributed by atoms with E-state index in [1.807, 2.05) is 6.07 Å². The summed E-state index contributed by atoms with van der Waals surface area (Å²) in [6, 6.07) is 13.8. The molecule has 0 radical (unpaired) electrons. The predicted molar refractivity (Wildman–Crippen MR) is 121 cm³/mol. The lowest BCUT2D eigenvalue weighted by molar-refractivity contribution is 0.481. The molecule has 0 fully saturated rings. The maximum Gasteiger partial charge on any atom is 0.295 e. The molecule has 10 heteroatoms. The Kier molecular flexibility index (Phi) is 6.56. The Morgan fingerprint density at radius 1 is 0.903 bits per heavy atom. The Morgan fingerprint density at radius 3 is 1.94 bits per heavy atom. The first-order valence-electron chi connectivity index (χ1n) is 9.62. The summed E-state index contributed by atoms with van der Waals surface area (Å²) in [6.07, 6.45) is 2.37. The third-order valence-corrected chi connectivity index (χ3v) is 6.81. The molecule has 3 aromatic rings. The van der Waals surface area contributed by atoms with Crippen LogP contribution in [0.2, 0.25) is 0 Å². The maximum absolute atomic E-state index is 11.2. The number of anilines is 2. The SMILES string of the molecule is CCCN1CCc2cc(N)ccc21.O=S(=O)(O)c1cccc2c(S(=O)(=O)O)cccc12. The molecule has 0 saturated carbocycles. The van der Waals surface area contributed by atoms with Crippen molar-refractivity contribution in [1.29, 1.82) is 0 Å². The largest absolute Gasteiger partial charge is 0.399 e. The quantitative estimate of drug-likeness (QED) is 0.395. The monoisotopic (exact) mass is 464 g/mol. The Bertz CT molecular complexity index is 1250. The summed E-state index contributed by atoms with van der Waals surface area (Å²) in [6.45, 7) is 4.54. The van der Waals surface area contributed by atoms with Gasteiger partial charge in [-0.2, -0.15) is 16.8 Å². The van der Waals surface area contributed by atoms with Crippen LogP contribution in [0.5, 0.6) is 0 Å². The molecule has 0 bridgehead atoms. The van der Waals surface area contributed by atoms with Gasteiger partial charge in [0, 0.05) is 35.2 Å². The minimum absolute atomic E-state index is 0.0233. The molecule has 4 rings (SSSR count). The van der Waals surface area contributed by atoms with E-state index < -0.39 is 30.0 Å². The van der Waals surface area contributed by atoms with E-state index in [0.29, 0.717) is 0 Å². The lowest BCUT2D eigenvalue weighted by Gasteiger charge is -2.17. The zero-order valence-corrected chi connectivity index (χ0v) is 18.5. The van der Waals surface area contributed by atoms with E-state index >= 15 is 0 Å². The number of nitrogen functional groups attached to an aromatic ring is 1. The van der Waals surface area contributed by atoms with E-state index in [-0.39, 0.29) is 10.8 Å². The first-order valence-corrected chi connectivity index (χ1v) is 12.5. The molecule has 8 nitrogen and oxygen atoms in total. The summed E-state index contributed by atoms with van der Waals surface area (Å²) >= 11 is 0. The molecule has 3 aromatic carbocycles. The molecule has 0 saturated heterocycles. The standard InChI is InChI=1S/C11H16N2.C10H8O6S2/c1-2-6-13-7-5-9-8-10(12)3-4-11(9)13;11-17(12,13)9-5-1-3-7-8(9)4-2-6-10(7)18(14,15)16/h3-4,8H,2,5-7,12H2,1H3;1-6H,(H,11,12,13)(H,14,15,16). The van der Waals surface area contributed by atoms with Gasteiger partial charge >= 0.3 is 0 Å². The number of nitrogens with two attached hydrogens (primary N) is 1. The normalized spacial score (nSPS) is 13.6. The third kappa shape index (κ3) is 5.16. The van der Waals surface area contributed by atoms with Gasteiger partial charge in [-0.1, -0.05) is 31.2 Å². The second-order valence-corrected chi connectivity index (χ2v) is 9.96. The fourth-order valence-electron chi connectivity index (χ4n) is 3.69. The van der Waals surface area contributed by atoms with Crippen LogP contribution in [-0.4, -0.2) is 39.0 Å². The molecule has 1 aliphatic rings. The van der Waals surface area contributed by atoms with Crippen molar-refractivity contribution in [3.8, 4) is 0 Å². The molecule has 0 aliphatic carbocycles. The van der Waals surface area contributed by atoms with Gasteiger partial charge in [0.25, 0.3) is 20.2 Å². The smallest absolute Gasteiger partial charge is 0.295 e. The van der Waals surface area contributed by atoms with Gasteiger partial charge in [0.2, 0.25) is 0 Å². The molecule has 4 N–H and O–H groups in total. The van der Waals surface area contributed by atoms with E-state index in [4.69, 9.17) is 14.8 Å². The van der Waals surface area contributed by atoms with Crippen LogP contribution in [0, 0.1) is 0 Å². The summed E-state index contributed by atoms with van der Waals surface area (Å²) in [4.78, 5) is 1.62. The average Bonchev–Trinajstić information content (AvgIpc) is 3.08. The molecule has 1 heterocycles. The highest BCUT2D eigenvalue weighted by molar-refractivity contribution is 7.86. The Labute approximate surface area is 181 Å². The summed E-state index contributed by atoms with van der Waals surface area (Å²) < 4.78 is 62.7. The second kappa shape index (κ2) is 8.83. The van der Waals surface area contributed by atoms with Crippen molar-refractivity contribution in [2.75, 3.05) is 23.7 Å². The van der Waals surface area contributed by atoms with Gasteiger partial charge in [-0.15, -0.1) is 0 Å². The van der Waals surface area contributed by atoms with Crippen molar-refractivity contribution in [2.24, 2.45) is 0 Å².